The first-order valence-electron chi connectivity index (χ1n) is 3.21. The van der Waals surface area contributed by atoms with Crippen LogP contribution in [0.25, 0.3) is 5.88 Å². The highest BCUT2D eigenvalue weighted by atomic mass is 79.9. The molecule has 62 valence electrons. The van der Waals surface area contributed by atoms with Gasteiger partial charge in [0.15, 0.2) is 4.73 Å². The highest BCUT2D eigenvalue weighted by Crippen LogP contribution is 2.20. The summed E-state index contributed by atoms with van der Waals surface area (Å²) in [5.74, 6) is 0.736. The minimum Gasteiger partial charge on any atom is -0.448 e. The molecule has 0 radical (unpaired) electrons. The summed E-state index contributed by atoms with van der Waals surface area (Å²) in [5, 5.41) is 0. The van der Waals surface area contributed by atoms with E-state index < -0.39 is 0 Å². The number of hydrogen-bond acceptors (Lipinski definition) is 2. The van der Waals surface area contributed by atoms with Crippen LogP contribution in [0, 0.1) is 0 Å². The Kier molecular flexibility index (Phi) is 2.06. The second-order valence-electron chi connectivity index (χ2n) is 2.15. The average Bonchev–Trinajstić information content (AvgIpc) is 2.58. The summed E-state index contributed by atoms with van der Waals surface area (Å²) >= 11 is 6.57. The smallest absolute Gasteiger partial charge is 0.205 e. The van der Waals surface area contributed by atoms with Crippen LogP contribution in [0.15, 0.2) is 38.3 Å². The van der Waals surface area contributed by atoms with Crippen molar-refractivity contribution in [3.8, 4) is 5.88 Å². The lowest BCUT2D eigenvalue weighted by atomic mass is 10.6. The molecule has 0 fully saturated rings. The molecule has 0 aromatic carbocycles. The Balaban J connectivity index is 2.54. The van der Waals surface area contributed by atoms with Crippen LogP contribution in [0.5, 0.6) is 0 Å². The van der Waals surface area contributed by atoms with E-state index in [0.29, 0.717) is 4.73 Å². The van der Waals surface area contributed by atoms with Crippen molar-refractivity contribution in [2.24, 2.45) is 0 Å². The number of aromatic nitrogens is 2. The van der Waals surface area contributed by atoms with E-state index in [0.717, 1.165) is 10.5 Å². The summed E-state index contributed by atoms with van der Waals surface area (Å²) in [6, 6.07) is 3.69. The summed E-state index contributed by atoms with van der Waals surface area (Å²) in [5.41, 5.74) is 0. The van der Waals surface area contributed by atoms with Crippen molar-refractivity contribution in [3.63, 3.8) is 0 Å². The summed E-state index contributed by atoms with van der Waals surface area (Å²) in [6.45, 7) is 0. The fraction of sp³-hybridized carbons (Fsp3) is 0. The normalized spacial score (nSPS) is 10.5. The van der Waals surface area contributed by atoms with Crippen molar-refractivity contribution in [3.05, 3.63) is 33.9 Å². The van der Waals surface area contributed by atoms with Gasteiger partial charge in [0.05, 0.1) is 6.26 Å². The maximum atomic E-state index is 5.19. The van der Waals surface area contributed by atoms with E-state index in [4.69, 9.17) is 4.42 Å². The maximum absolute atomic E-state index is 5.19. The van der Waals surface area contributed by atoms with Crippen molar-refractivity contribution in [2.45, 2.75) is 0 Å². The van der Waals surface area contributed by atoms with Gasteiger partial charge in [-0.1, -0.05) is 0 Å². The average molecular weight is 292 g/mol. The van der Waals surface area contributed by atoms with Gasteiger partial charge >= 0.3 is 0 Å². The zero-order chi connectivity index (χ0) is 8.55. The molecular formula is C7H4Br2N2O. The minimum atomic E-state index is 0.712. The summed E-state index contributed by atoms with van der Waals surface area (Å²) in [7, 11) is 0. The summed E-state index contributed by atoms with van der Waals surface area (Å²) in [4.78, 5) is 4.10. The Morgan fingerprint density at radius 2 is 2.25 bits per heavy atom. The number of imidazole rings is 1. The number of rotatable bonds is 1. The third-order valence-corrected chi connectivity index (χ3v) is 2.32. The zero-order valence-electron chi connectivity index (χ0n) is 5.87. The molecule has 2 heterocycles. The molecule has 0 amide bonds. The molecule has 0 aliphatic carbocycles. The molecule has 0 bridgehead atoms. The fourth-order valence-electron chi connectivity index (χ4n) is 0.892. The van der Waals surface area contributed by atoms with Crippen LogP contribution >= 0.6 is 31.9 Å². The highest BCUT2D eigenvalue weighted by Gasteiger charge is 2.06. The molecule has 2 aromatic heterocycles. The number of furan rings is 1. The second kappa shape index (κ2) is 3.06. The molecule has 0 aliphatic rings. The quantitative estimate of drug-likeness (QED) is 0.809. The third-order valence-electron chi connectivity index (χ3n) is 1.38. The molecule has 5 heteroatoms. The van der Waals surface area contributed by atoms with E-state index in [9.17, 15) is 0 Å². The van der Waals surface area contributed by atoms with Crippen LogP contribution < -0.4 is 0 Å². The third kappa shape index (κ3) is 1.34. The van der Waals surface area contributed by atoms with Gasteiger partial charge in [0, 0.05) is 12.3 Å². The van der Waals surface area contributed by atoms with Crippen LogP contribution in [-0.4, -0.2) is 9.55 Å². The second-order valence-corrected chi connectivity index (χ2v) is 3.68. The number of hydrogen-bond donors (Lipinski definition) is 0. The lowest BCUT2D eigenvalue weighted by molar-refractivity contribution is 0.536. The molecule has 2 rings (SSSR count). The Hall–Kier alpha value is -0.550. The molecule has 0 N–H and O–H groups in total. The van der Waals surface area contributed by atoms with E-state index in [1.165, 1.54) is 0 Å². The van der Waals surface area contributed by atoms with Gasteiger partial charge in [0.25, 0.3) is 0 Å². The van der Waals surface area contributed by atoms with Gasteiger partial charge in [-0.2, -0.15) is 0 Å². The Morgan fingerprint density at radius 1 is 1.42 bits per heavy atom. The largest absolute Gasteiger partial charge is 0.448 e. The molecule has 0 saturated heterocycles. The van der Waals surface area contributed by atoms with Crippen molar-refractivity contribution in [2.75, 3.05) is 0 Å². The molecule has 0 unspecified atom stereocenters. The molecule has 12 heavy (non-hydrogen) atoms. The van der Waals surface area contributed by atoms with Gasteiger partial charge in [-0.3, -0.25) is 4.57 Å². The Labute approximate surface area is 85.7 Å². The first-order chi connectivity index (χ1) is 5.77. The van der Waals surface area contributed by atoms with Gasteiger partial charge in [-0.05, 0) is 37.9 Å². The Morgan fingerprint density at radius 3 is 2.75 bits per heavy atom. The summed E-state index contributed by atoms with van der Waals surface area (Å²) < 4.78 is 8.46. The van der Waals surface area contributed by atoms with Crippen LogP contribution in [0.4, 0.5) is 0 Å². The summed E-state index contributed by atoms with van der Waals surface area (Å²) in [6.07, 6.45) is 3.44. The lowest BCUT2D eigenvalue weighted by Crippen LogP contribution is -1.88. The predicted molar refractivity (Wildman–Crippen MR) is 51.2 cm³/mol. The molecule has 2 aromatic rings. The van der Waals surface area contributed by atoms with Crippen LogP contribution in [0.2, 0.25) is 0 Å². The Bertz CT molecular complexity index is 380. The van der Waals surface area contributed by atoms with E-state index in [-0.39, 0.29) is 0 Å². The fourth-order valence-corrected chi connectivity index (χ4v) is 1.97. The molecule has 0 spiro atoms. The van der Waals surface area contributed by atoms with Gasteiger partial charge in [-0.15, -0.1) is 0 Å². The van der Waals surface area contributed by atoms with Crippen molar-refractivity contribution in [1.82, 2.24) is 9.55 Å². The van der Waals surface area contributed by atoms with Crippen molar-refractivity contribution < 1.29 is 4.42 Å². The van der Waals surface area contributed by atoms with Gasteiger partial charge in [-0.25, -0.2) is 4.98 Å². The lowest BCUT2D eigenvalue weighted by Gasteiger charge is -1.95. The van der Waals surface area contributed by atoms with E-state index in [1.54, 1.807) is 10.8 Å². The first-order valence-corrected chi connectivity index (χ1v) is 4.80. The molecule has 0 atom stereocenters. The van der Waals surface area contributed by atoms with Crippen LogP contribution in [0.1, 0.15) is 0 Å². The van der Waals surface area contributed by atoms with E-state index in [2.05, 4.69) is 36.8 Å². The van der Waals surface area contributed by atoms with Crippen molar-refractivity contribution >= 4 is 31.9 Å². The standard InChI is InChI=1S/C7H4Br2N2O/c8-5-4-11(7(9)10-5)6-2-1-3-12-6/h1-4H. The maximum Gasteiger partial charge on any atom is 0.205 e. The molecular weight excluding hydrogens is 288 g/mol. The minimum absolute atomic E-state index is 0.712. The predicted octanol–water partition coefficient (Wildman–Crippen LogP) is 2.99. The SMILES string of the molecule is Brc1cn(-c2ccco2)c(Br)n1. The molecule has 0 aliphatic heterocycles. The van der Waals surface area contributed by atoms with Gasteiger partial charge < -0.3 is 4.42 Å². The van der Waals surface area contributed by atoms with Crippen LogP contribution in [0.3, 0.4) is 0 Å². The van der Waals surface area contributed by atoms with E-state index in [1.807, 2.05) is 18.3 Å². The molecule has 0 saturated carbocycles. The van der Waals surface area contributed by atoms with E-state index >= 15 is 0 Å². The van der Waals surface area contributed by atoms with Gasteiger partial charge in [0.2, 0.25) is 5.88 Å². The number of nitrogens with zero attached hydrogens (tertiary/aromatic N) is 2. The highest BCUT2D eigenvalue weighted by molar-refractivity contribution is 9.11. The van der Waals surface area contributed by atoms with Crippen molar-refractivity contribution in [1.29, 1.82) is 0 Å². The van der Waals surface area contributed by atoms with Gasteiger partial charge in [0.1, 0.15) is 4.60 Å². The number of halogens is 2. The van der Waals surface area contributed by atoms with Crippen LogP contribution in [-0.2, 0) is 0 Å². The molecule has 3 nitrogen and oxygen atoms in total. The monoisotopic (exact) mass is 290 g/mol. The first kappa shape index (κ1) is 8.07. The zero-order valence-corrected chi connectivity index (χ0v) is 9.04. The topological polar surface area (TPSA) is 31.0 Å².